The molecule has 1 fully saturated rings. The van der Waals surface area contributed by atoms with Gasteiger partial charge in [-0.2, -0.15) is 0 Å². The van der Waals surface area contributed by atoms with Crippen LogP contribution in [-0.2, 0) is 6.42 Å². The maximum Gasteiger partial charge on any atom is 0.161 e. The van der Waals surface area contributed by atoms with E-state index in [1.807, 2.05) is 13.1 Å². The number of hydrogen-bond acceptors (Lipinski definition) is 4. The molecule has 29 heavy (non-hydrogen) atoms. The number of aryl methyl sites for hydroxylation is 1. The van der Waals surface area contributed by atoms with Gasteiger partial charge in [-0.05, 0) is 73.0 Å². The number of fused-ring (bicyclic) bond motifs is 2. The maximum atomic E-state index is 5.58. The predicted octanol–water partition coefficient (Wildman–Crippen LogP) is 5.58. The summed E-state index contributed by atoms with van der Waals surface area (Å²) in [7, 11) is 3.37. The molecule has 2 aromatic heterocycles. The minimum atomic E-state index is 0.569. The summed E-state index contributed by atoms with van der Waals surface area (Å²) in [6, 6.07) is 14.9. The van der Waals surface area contributed by atoms with Crippen LogP contribution in [0.1, 0.15) is 41.3 Å². The Morgan fingerprint density at radius 1 is 0.931 bits per heavy atom. The summed E-state index contributed by atoms with van der Waals surface area (Å²) >= 11 is 0. The van der Waals surface area contributed by atoms with E-state index in [9.17, 15) is 0 Å². The van der Waals surface area contributed by atoms with Gasteiger partial charge in [0.25, 0.3) is 0 Å². The molecule has 5 rings (SSSR count). The van der Waals surface area contributed by atoms with Crippen molar-refractivity contribution in [1.29, 1.82) is 0 Å². The summed E-state index contributed by atoms with van der Waals surface area (Å²) < 4.78 is 11.1. The summed E-state index contributed by atoms with van der Waals surface area (Å²) in [5.41, 5.74) is 5.71. The highest BCUT2D eigenvalue weighted by molar-refractivity contribution is 5.91. The van der Waals surface area contributed by atoms with Crippen molar-refractivity contribution in [2.75, 3.05) is 14.2 Å². The van der Waals surface area contributed by atoms with Crippen LogP contribution in [-0.4, -0.2) is 24.2 Å². The molecule has 0 atom stereocenters. The molecule has 0 saturated heterocycles. The summed E-state index contributed by atoms with van der Waals surface area (Å²) in [5.74, 6) is 2.08. The lowest BCUT2D eigenvalue weighted by Gasteiger charge is -2.15. The Balaban J connectivity index is 1.62. The second-order valence-electron chi connectivity index (χ2n) is 7.85. The lowest BCUT2D eigenvalue weighted by molar-refractivity contribution is 0.356. The number of rotatable bonds is 5. The average molecular weight is 384 g/mol. The average Bonchev–Trinajstić information content (AvgIpc) is 3.58. The largest absolute Gasteiger partial charge is 0.493 e. The first-order chi connectivity index (χ1) is 14.2. The highest BCUT2D eigenvalue weighted by Gasteiger charge is 2.28. The molecule has 0 aliphatic heterocycles. The van der Waals surface area contributed by atoms with E-state index in [1.54, 1.807) is 14.2 Å². The van der Waals surface area contributed by atoms with Crippen LogP contribution in [0.25, 0.3) is 21.7 Å². The molecule has 0 radical (unpaired) electrons. The van der Waals surface area contributed by atoms with Crippen molar-refractivity contribution in [3.8, 4) is 11.5 Å². The Hall–Kier alpha value is -3.14. The molecule has 4 nitrogen and oxygen atoms in total. The minimum absolute atomic E-state index is 0.569. The van der Waals surface area contributed by atoms with Gasteiger partial charge in [-0.25, -0.2) is 0 Å². The first-order valence-electron chi connectivity index (χ1n) is 10.1. The summed E-state index contributed by atoms with van der Waals surface area (Å²) in [5, 5.41) is 3.54. The van der Waals surface area contributed by atoms with Crippen LogP contribution in [0.5, 0.6) is 11.5 Å². The van der Waals surface area contributed by atoms with E-state index in [0.717, 1.165) is 29.1 Å². The number of methoxy groups -OCH3 is 2. The lowest BCUT2D eigenvalue weighted by Crippen LogP contribution is -1.99. The third kappa shape index (κ3) is 3.29. The second kappa shape index (κ2) is 7.03. The highest BCUT2D eigenvalue weighted by Crippen LogP contribution is 2.44. The van der Waals surface area contributed by atoms with Crippen molar-refractivity contribution in [3.05, 3.63) is 71.2 Å². The third-order valence-corrected chi connectivity index (χ3v) is 5.76. The fraction of sp³-hybridized carbons (Fsp3) is 0.280. The molecule has 4 heteroatoms. The van der Waals surface area contributed by atoms with Crippen LogP contribution in [0.3, 0.4) is 0 Å². The van der Waals surface area contributed by atoms with E-state index >= 15 is 0 Å². The van der Waals surface area contributed by atoms with Crippen LogP contribution in [0.4, 0.5) is 0 Å². The van der Waals surface area contributed by atoms with Gasteiger partial charge in [-0.1, -0.05) is 12.1 Å². The lowest BCUT2D eigenvalue weighted by atomic mass is 9.97. The van der Waals surface area contributed by atoms with Crippen molar-refractivity contribution in [3.63, 3.8) is 0 Å². The van der Waals surface area contributed by atoms with Gasteiger partial charge in [0.2, 0.25) is 0 Å². The predicted molar refractivity (Wildman–Crippen MR) is 116 cm³/mol. The summed E-state index contributed by atoms with van der Waals surface area (Å²) in [6.45, 7) is 2.02. The molecule has 2 aromatic carbocycles. The zero-order chi connectivity index (χ0) is 20.0. The molecular formula is C25H24N2O2. The first kappa shape index (κ1) is 17.9. The Kier molecular flexibility index (Phi) is 4.35. The molecule has 0 bridgehead atoms. The molecular weight excluding hydrogens is 360 g/mol. The number of ether oxygens (including phenoxy) is 2. The van der Waals surface area contributed by atoms with Crippen LogP contribution >= 0.6 is 0 Å². The van der Waals surface area contributed by atoms with Gasteiger partial charge < -0.3 is 9.47 Å². The SMILES string of the molecule is COc1cc2c(Cc3ccc4nc(C)ccc4c3)cnc(C3CC3)c2cc1OC. The van der Waals surface area contributed by atoms with Crippen LogP contribution in [0, 0.1) is 6.92 Å². The molecule has 1 aliphatic rings. The van der Waals surface area contributed by atoms with E-state index in [1.165, 1.54) is 45.8 Å². The van der Waals surface area contributed by atoms with Gasteiger partial charge in [-0.15, -0.1) is 0 Å². The minimum Gasteiger partial charge on any atom is -0.493 e. The van der Waals surface area contributed by atoms with E-state index in [0.29, 0.717) is 5.92 Å². The van der Waals surface area contributed by atoms with Crippen molar-refractivity contribution in [2.24, 2.45) is 0 Å². The van der Waals surface area contributed by atoms with Crippen molar-refractivity contribution in [1.82, 2.24) is 9.97 Å². The van der Waals surface area contributed by atoms with E-state index < -0.39 is 0 Å². The van der Waals surface area contributed by atoms with Crippen LogP contribution in [0.2, 0.25) is 0 Å². The maximum absolute atomic E-state index is 5.58. The normalized spacial score (nSPS) is 13.8. The Morgan fingerprint density at radius 3 is 2.41 bits per heavy atom. The second-order valence-corrected chi connectivity index (χ2v) is 7.85. The third-order valence-electron chi connectivity index (χ3n) is 5.76. The van der Waals surface area contributed by atoms with Gasteiger partial charge in [0, 0.05) is 28.6 Å². The zero-order valence-corrected chi connectivity index (χ0v) is 17.0. The Morgan fingerprint density at radius 2 is 1.69 bits per heavy atom. The van der Waals surface area contributed by atoms with Gasteiger partial charge in [-0.3, -0.25) is 9.97 Å². The highest BCUT2D eigenvalue weighted by atomic mass is 16.5. The Labute approximate surface area is 170 Å². The van der Waals surface area contributed by atoms with Crippen molar-refractivity contribution >= 4 is 21.7 Å². The fourth-order valence-corrected chi connectivity index (χ4v) is 4.07. The van der Waals surface area contributed by atoms with Gasteiger partial charge >= 0.3 is 0 Å². The Bertz CT molecular complexity index is 1230. The molecule has 0 spiro atoms. The quantitative estimate of drug-likeness (QED) is 0.451. The molecule has 1 aliphatic carbocycles. The van der Waals surface area contributed by atoms with Gasteiger partial charge in [0.05, 0.1) is 25.4 Å². The molecule has 4 aromatic rings. The summed E-state index contributed by atoms with van der Waals surface area (Å²) in [4.78, 5) is 9.47. The van der Waals surface area contributed by atoms with Crippen molar-refractivity contribution < 1.29 is 9.47 Å². The molecule has 2 heterocycles. The molecule has 1 saturated carbocycles. The fourth-order valence-electron chi connectivity index (χ4n) is 4.07. The zero-order valence-electron chi connectivity index (χ0n) is 17.0. The van der Waals surface area contributed by atoms with E-state index in [4.69, 9.17) is 14.5 Å². The smallest absolute Gasteiger partial charge is 0.161 e. The molecule has 0 amide bonds. The monoisotopic (exact) mass is 384 g/mol. The van der Waals surface area contributed by atoms with Crippen LogP contribution < -0.4 is 9.47 Å². The van der Waals surface area contributed by atoms with E-state index in [2.05, 4.69) is 47.4 Å². The molecule has 0 unspecified atom stereocenters. The number of hydrogen-bond donors (Lipinski definition) is 0. The summed E-state index contributed by atoms with van der Waals surface area (Å²) in [6.07, 6.45) is 5.28. The standard InChI is InChI=1S/C25H24N2O2/c1-15-4-6-18-10-16(5-9-22(18)27-15)11-19-14-26-25(17-7-8-17)21-13-24(29-3)23(28-2)12-20(19)21/h4-6,9-10,12-14,17H,7-8,11H2,1-3H3. The number of nitrogens with zero attached hydrogens (tertiary/aromatic N) is 2. The van der Waals surface area contributed by atoms with Gasteiger partial charge in [0.1, 0.15) is 0 Å². The molecule has 146 valence electrons. The number of pyridine rings is 2. The van der Waals surface area contributed by atoms with Gasteiger partial charge in [0.15, 0.2) is 11.5 Å². The first-order valence-corrected chi connectivity index (χ1v) is 10.1. The number of benzene rings is 2. The van der Waals surface area contributed by atoms with E-state index in [-0.39, 0.29) is 0 Å². The van der Waals surface area contributed by atoms with Crippen molar-refractivity contribution in [2.45, 2.75) is 32.1 Å². The number of aromatic nitrogens is 2. The van der Waals surface area contributed by atoms with Crippen LogP contribution in [0.15, 0.2) is 48.7 Å². The molecule has 0 N–H and O–H groups in total. The topological polar surface area (TPSA) is 44.2 Å².